The van der Waals surface area contributed by atoms with E-state index in [0.717, 1.165) is 18.7 Å². The van der Waals surface area contributed by atoms with E-state index in [1.165, 1.54) is 31.3 Å². The van der Waals surface area contributed by atoms with Crippen LogP contribution in [0, 0.1) is 5.92 Å². The molecule has 0 unspecified atom stereocenters. The summed E-state index contributed by atoms with van der Waals surface area (Å²) in [6.07, 6.45) is 5.21. The molecule has 16 heavy (non-hydrogen) atoms. The molecule has 3 nitrogen and oxygen atoms in total. The van der Waals surface area contributed by atoms with Crippen molar-refractivity contribution in [2.45, 2.75) is 45.6 Å². The molecule has 3 heteroatoms. The molecule has 1 amide bonds. The van der Waals surface area contributed by atoms with Crippen molar-refractivity contribution in [3.05, 3.63) is 11.1 Å². The second kappa shape index (κ2) is 5.00. The normalized spacial score (nSPS) is 22.8. The van der Waals surface area contributed by atoms with Crippen LogP contribution < -0.4 is 10.6 Å². The van der Waals surface area contributed by atoms with E-state index in [1.807, 2.05) is 6.92 Å². The Kier molecular flexibility index (Phi) is 3.64. The Morgan fingerprint density at radius 3 is 2.50 bits per heavy atom. The van der Waals surface area contributed by atoms with Crippen molar-refractivity contribution in [1.82, 2.24) is 10.6 Å². The van der Waals surface area contributed by atoms with E-state index >= 15 is 0 Å². The molecule has 0 aromatic heterocycles. The lowest BCUT2D eigenvalue weighted by Crippen LogP contribution is -2.41. The van der Waals surface area contributed by atoms with E-state index in [9.17, 15) is 4.79 Å². The summed E-state index contributed by atoms with van der Waals surface area (Å²) >= 11 is 0. The summed E-state index contributed by atoms with van der Waals surface area (Å²) in [7, 11) is 0. The van der Waals surface area contributed by atoms with Crippen LogP contribution in [-0.4, -0.2) is 25.0 Å². The highest BCUT2D eigenvalue weighted by Gasteiger charge is 2.24. The summed E-state index contributed by atoms with van der Waals surface area (Å²) in [6.45, 7) is 5.85. The van der Waals surface area contributed by atoms with Gasteiger partial charge in [0.05, 0.1) is 0 Å². The van der Waals surface area contributed by atoms with E-state index in [1.54, 1.807) is 0 Å². The molecular weight excluding hydrogens is 200 g/mol. The third-order valence-corrected chi connectivity index (χ3v) is 4.01. The Hall–Kier alpha value is -0.830. The van der Waals surface area contributed by atoms with Gasteiger partial charge in [-0.2, -0.15) is 0 Å². The first-order valence-electron chi connectivity index (χ1n) is 6.38. The van der Waals surface area contributed by atoms with Gasteiger partial charge in [-0.25, -0.2) is 0 Å². The first kappa shape index (κ1) is 11.6. The van der Waals surface area contributed by atoms with Crippen LogP contribution in [0.5, 0.6) is 0 Å². The van der Waals surface area contributed by atoms with Gasteiger partial charge in [-0.15, -0.1) is 0 Å². The highest BCUT2D eigenvalue weighted by Crippen LogP contribution is 2.27. The number of hydrogen-bond acceptors (Lipinski definition) is 2. The van der Waals surface area contributed by atoms with Crippen molar-refractivity contribution < 1.29 is 4.79 Å². The van der Waals surface area contributed by atoms with E-state index < -0.39 is 0 Å². The SMILES string of the molecule is CC(C(=O)N[C@H](C)C1CCCC1)=C1CNC1. The zero-order valence-electron chi connectivity index (χ0n) is 10.3. The highest BCUT2D eigenvalue weighted by atomic mass is 16.1. The largest absolute Gasteiger partial charge is 0.350 e. The van der Waals surface area contributed by atoms with Crippen LogP contribution in [0.15, 0.2) is 11.1 Å². The van der Waals surface area contributed by atoms with Gasteiger partial charge < -0.3 is 10.6 Å². The smallest absolute Gasteiger partial charge is 0.247 e. The Morgan fingerprint density at radius 2 is 2.00 bits per heavy atom. The zero-order valence-corrected chi connectivity index (χ0v) is 10.3. The molecule has 1 atom stereocenters. The summed E-state index contributed by atoms with van der Waals surface area (Å²) < 4.78 is 0. The van der Waals surface area contributed by atoms with Crippen LogP contribution >= 0.6 is 0 Å². The van der Waals surface area contributed by atoms with Crippen LogP contribution in [0.1, 0.15) is 39.5 Å². The van der Waals surface area contributed by atoms with Gasteiger partial charge in [0.25, 0.3) is 0 Å². The topological polar surface area (TPSA) is 41.1 Å². The molecule has 2 aliphatic rings. The molecule has 0 aromatic rings. The van der Waals surface area contributed by atoms with Gasteiger partial charge in [0, 0.05) is 24.7 Å². The van der Waals surface area contributed by atoms with Crippen LogP contribution in [0.4, 0.5) is 0 Å². The molecular formula is C13H22N2O. The number of nitrogens with one attached hydrogen (secondary N) is 2. The highest BCUT2D eigenvalue weighted by molar-refractivity contribution is 5.94. The Balaban J connectivity index is 1.86. The second-order valence-corrected chi connectivity index (χ2v) is 5.14. The first-order valence-corrected chi connectivity index (χ1v) is 6.38. The molecule has 90 valence electrons. The summed E-state index contributed by atoms with van der Waals surface area (Å²) in [6, 6.07) is 0.332. The minimum atomic E-state index is 0.135. The fourth-order valence-corrected chi connectivity index (χ4v) is 2.57. The molecule has 2 rings (SSSR count). The average Bonchev–Trinajstić information content (AvgIpc) is 2.67. The molecule has 1 aliphatic heterocycles. The third-order valence-electron chi connectivity index (χ3n) is 4.01. The van der Waals surface area contributed by atoms with Gasteiger partial charge in [-0.1, -0.05) is 12.8 Å². The maximum absolute atomic E-state index is 11.9. The predicted molar refractivity (Wildman–Crippen MR) is 65.1 cm³/mol. The summed E-state index contributed by atoms with van der Waals surface area (Å²) in [5, 5.41) is 6.31. The summed E-state index contributed by atoms with van der Waals surface area (Å²) in [4.78, 5) is 11.9. The van der Waals surface area contributed by atoms with Crippen LogP contribution in [0.3, 0.4) is 0 Å². The van der Waals surface area contributed by atoms with Gasteiger partial charge in [-0.3, -0.25) is 4.79 Å². The average molecular weight is 222 g/mol. The molecule has 1 saturated heterocycles. The lowest BCUT2D eigenvalue weighted by Gasteiger charge is -2.24. The molecule has 2 N–H and O–H groups in total. The predicted octanol–water partition coefficient (Wildman–Crippen LogP) is 1.60. The maximum atomic E-state index is 11.9. The fraction of sp³-hybridized carbons (Fsp3) is 0.769. The lowest BCUT2D eigenvalue weighted by atomic mass is 9.98. The molecule has 1 heterocycles. The van der Waals surface area contributed by atoms with Crippen molar-refractivity contribution >= 4 is 5.91 Å². The van der Waals surface area contributed by atoms with Crippen molar-refractivity contribution in [1.29, 1.82) is 0 Å². The van der Waals surface area contributed by atoms with Crippen LogP contribution in [0.2, 0.25) is 0 Å². The number of carbonyl (C=O) groups excluding carboxylic acids is 1. The van der Waals surface area contributed by atoms with E-state index in [2.05, 4.69) is 17.6 Å². The maximum Gasteiger partial charge on any atom is 0.247 e. The van der Waals surface area contributed by atoms with Crippen molar-refractivity contribution in [3.63, 3.8) is 0 Å². The molecule has 1 saturated carbocycles. The summed E-state index contributed by atoms with van der Waals surface area (Å²) in [5.41, 5.74) is 2.18. The van der Waals surface area contributed by atoms with Crippen molar-refractivity contribution in [3.8, 4) is 0 Å². The minimum Gasteiger partial charge on any atom is -0.350 e. The van der Waals surface area contributed by atoms with E-state index in [0.29, 0.717) is 12.0 Å². The molecule has 2 fully saturated rings. The molecule has 0 aromatic carbocycles. The van der Waals surface area contributed by atoms with Crippen molar-refractivity contribution in [2.75, 3.05) is 13.1 Å². The van der Waals surface area contributed by atoms with Crippen molar-refractivity contribution in [2.24, 2.45) is 5.92 Å². The molecule has 0 spiro atoms. The Labute approximate surface area is 97.7 Å². The van der Waals surface area contributed by atoms with Gasteiger partial charge in [-0.05, 0) is 38.2 Å². The minimum absolute atomic E-state index is 0.135. The molecule has 0 radical (unpaired) electrons. The number of amides is 1. The Morgan fingerprint density at radius 1 is 1.38 bits per heavy atom. The van der Waals surface area contributed by atoms with Crippen LogP contribution in [-0.2, 0) is 4.79 Å². The zero-order chi connectivity index (χ0) is 11.5. The third kappa shape index (κ3) is 2.46. The van der Waals surface area contributed by atoms with Gasteiger partial charge in [0.1, 0.15) is 0 Å². The number of carbonyl (C=O) groups is 1. The molecule has 1 aliphatic carbocycles. The standard InChI is InChI=1S/C13H22N2O/c1-9(12-7-14-8-12)13(16)15-10(2)11-5-3-4-6-11/h10-11,14H,3-8H2,1-2H3,(H,15,16)/t10-/m1/s1. The van der Waals surface area contributed by atoms with Crippen LogP contribution in [0.25, 0.3) is 0 Å². The van der Waals surface area contributed by atoms with Gasteiger partial charge >= 0.3 is 0 Å². The first-order chi connectivity index (χ1) is 7.68. The van der Waals surface area contributed by atoms with Gasteiger partial charge in [0.2, 0.25) is 5.91 Å². The van der Waals surface area contributed by atoms with E-state index in [-0.39, 0.29) is 5.91 Å². The number of hydrogen-bond donors (Lipinski definition) is 2. The summed E-state index contributed by atoms with van der Waals surface area (Å²) in [5.74, 6) is 0.831. The van der Waals surface area contributed by atoms with Gasteiger partial charge in [0.15, 0.2) is 0 Å². The Bertz CT molecular complexity index is 297. The molecule has 0 bridgehead atoms. The second-order valence-electron chi connectivity index (χ2n) is 5.14. The number of rotatable bonds is 3. The fourth-order valence-electron chi connectivity index (χ4n) is 2.57. The monoisotopic (exact) mass is 222 g/mol. The quantitative estimate of drug-likeness (QED) is 0.712. The van der Waals surface area contributed by atoms with E-state index in [4.69, 9.17) is 0 Å². The lowest BCUT2D eigenvalue weighted by molar-refractivity contribution is -0.118.